The van der Waals surface area contributed by atoms with Gasteiger partial charge in [-0.3, -0.25) is 9.59 Å². The van der Waals surface area contributed by atoms with Gasteiger partial charge in [0.15, 0.2) is 0 Å². The van der Waals surface area contributed by atoms with Crippen LogP contribution < -0.4 is 5.32 Å². The molecule has 0 aliphatic carbocycles. The third-order valence-corrected chi connectivity index (χ3v) is 6.84. The van der Waals surface area contributed by atoms with Crippen LogP contribution in [0.1, 0.15) is 40.1 Å². The standard InChI is InChI=1S/C31H26N2O4/c1-31(2,30(36)37)33-19-25-13-12-24(18-27(25)29(33)35)22-14-16-26(17-15-22)32-28(34)23-10-8-21(9-11-23)20-6-4-3-5-7-20/h3-18H,19H2,1-2H3,(H,32,34)(H,36,37). The lowest BCUT2D eigenvalue weighted by Gasteiger charge is -2.31. The van der Waals surface area contributed by atoms with Gasteiger partial charge in [0.1, 0.15) is 5.54 Å². The Morgan fingerprint density at radius 1 is 0.784 bits per heavy atom. The Morgan fingerprint density at radius 2 is 1.35 bits per heavy atom. The summed E-state index contributed by atoms with van der Waals surface area (Å²) in [6, 6.07) is 30.5. The number of carboxylic acids is 1. The van der Waals surface area contributed by atoms with E-state index in [1.165, 1.54) is 18.7 Å². The fraction of sp³-hybridized carbons (Fsp3) is 0.129. The normalized spacial score (nSPS) is 12.8. The molecule has 0 radical (unpaired) electrons. The summed E-state index contributed by atoms with van der Waals surface area (Å²) in [6.45, 7) is 3.33. The zero-order valence-electron chi connectivity index (χ0n) is 20.6. The number of nitrogens with zero attached hydrogens (tertiary/aromatic N) is 1. The van der Waals surface area contributed by atoms with Gasteiger partial charge in [-0.1, -0.05) is 66.7 Å². The van der Waals surface area contributed by atoms with E-state index in [0.717, 1.165) is 27.8 Å². The second kappa shape index (κ2) is 9.39. The number of nitrogens with one attached hydrogen (secondary N) is 1. The number of hydrogen-bond donors (Lipinski definition) is 2. The van der Waals surface area contributed by atoms with Crippen molar-refractivity contribution in [2.75, 3.05) is 5.32 Å². The summed E-state index contributed by atoms with van der Waals surface area (Å²) in [5.41, 5.74) is 5.13. The van der Waals surface area contributed by atoms with Gasteiger partial charge in [-0.15, -0.1) is 0 Å². The predicted molar refractivity (Wildman–Crippen MR) is 143 cm³/mol. The first-order valence-electron chi connectivity index (χ1n) is 12.0. The highest BCUT2D eigenvalue weighted by atomic mass is 16.4. The quantitative estimate of drug-likeness (QED) is 0.342. The molecule has 6 heteroatoms. The Balaban J connectivity index is 1.28. The van der Waals surface area contributed by atoms with Gasteiger partial charge < -0.3 is 15.3 Å². The first kappa shape index (κ1) is 24.0. The van der Waals surface area contributed by atoms with Crippen LogP contribution in [0.2, 0.25) is 0 Å². The summed E-state index contributed by atoms with van der Waals surface area (Å²) in [5.74, 6) is -1.53. The van der Waals surface area contributed by atoms with Gasteiger partial charge in [-0.2, -0.15) is 0 Å². The average molecular weight is 491 g/mol. The summed E-state index contributed by atoms with van der Waals surface area (Å²) in [4.78, 5) is 38.7. The summed E-state index contributed by atoms with van der Waals surface area (Å²) >= 11 is 0. The molecule has 184 valence electrons. The first-order chi connectivity index (χ1) is 17.7. The number of rotatable bonds is 6. The highest BCUT2D eigenvalue weighted by Crippen LogP contribution is 2.33. The van der Waals surface area contributed by atoms with E-state index in [9.17, 15) is 19.5 Å². The van der Waals surface area contributed by atoms with E-state index in [4.69, 9.17) is 0 Å². The molecule has 37 heavy (non-hydrogen) atoms. The molecule has 2 N–H and O–H groups in total. The van der Waals surface area contributed by atoms with Gasteiger partial charge in [0.05, 0.1) is 0 Å². The van der Waals surface area contributed by atoms with Crippen molar-refractivity contribution in [2.24, 2.45) is 0 Å². The number of fused-ring (bicyclic) bond motifs is 1. The van der Waals surface area contributed by atoms with Crippen molar-refractivity contribution in [3.8, 4) is 22.3 Å². The van der Waals surface area contributed by atoms with E-state index in [-0.39, 0.29) is 18.4 Å². The van der Waals surface area contributed by atoms with Crippen LogP contribution in [-0.2, 0) is 11.3 Å². The van der Waals surface area contributed by atoms with Crippen LogP contribution in [0.3, 0.4) is 0 Å². The molecule has 0 saturated heterocycles. The maximum atomic E-state index is 13.0. The zero-order valence-corrected chi connectivity index (χ0v) is 20.6. The van der Waals surface area contributed by atoms with Crippen molar-refractivity contribution in [1.82, 2.24) is 4.90 Å². The van der Waals surface area contributed by atoms with Crippen LogP contribution in [-0.4, -0.2) is 33.3 Å². The molecule has 2 amide bonds. The number of hydrogen-bond acceptors (Lipinski definition) is 3. The maximum Gasteiger partial charge on any atom is 0.329 e. The molecule has 0 unspecified atom stereocenters. The van der Waals surface area contributed by atoms with Gasteiger partial charge in [0, 0.05) is 23.4 Å². The number of anilines is 1. The smallest absolute Gasteiger partial charge is 0.329 e. The Bertz CT molecular complexity index is 1490. The van der Waals surface area contributed by atoms with Crippen molar-refractivity contribution >= 4 is 23.5 Å². The molecular weight excluding hydrogens is 464 g/mol. The molecular formula is C31H26N2O4. The minimum absolute atomic E-state index is 0.198. The molecule has 0 saturated carbocycles. The lowest BCUT2D eigenvalue weighted by atomic mass is 10.00. The van der Waals surface area contributed by atoms with Crippen molar-refractivity contribution in [3.63, 3.8) is 0 Å². The van der Waals surface area contributed by atoms with Crippen LogP contribution in [0.15, 0.2) is 97.1 Å². The highest BCUT2D eigenvalue weighted by molar-refractivity contribution is 6.05. The molecule has 0 aromatic heterocycles. The molecule has 1 aliphatic heterocycles. The topological polar surface area (TPSA) is 86.7 Å². The van der Waals surface area contributed by atoms with Crippen LogP contribution in [0.5, 0.6) is 0 Å². The second-order valence-corrected chi connectivity index (χ2v) is 9.60. The first-order valence-corrected chi connectivity index (χ1v) is 12.0. The number of amides is 2. The monoisotopic (exact) mass is 490 g/mol. The van der Waals surface area contributed by atoms with Crippen LogP contribution in [0.25, 0.3) is 22.3 Å². The summed E-state index contributed by atoms with van der Waals surface area (Å²) < 4.78 is 0. The molecule has 0 fully saturated rings. The van der Waals surface area contributed by atoms with Crippen molar-refractivity contribution < 1.29 is 19.5 Å². The minimum Gasteiger partial charge on any atom is -0.480 e. The molecule has 0 atom stereocenters. The van der Waals surface area contributed by atoms with Gasteiger partial charge in [-0.25, -0.2) is 4.79 Å². The van der Waals surface area contributed by atoms with E-state index in [2.05, 4.69) is 5.32 Å². The largest absolute Gasteiger partial charge is 0.480 e. The average Bonchev–Trinajstić information content (AvgIpc) is 3.26. The lowest BCUT2D eigenvalue weighted by molar-refractivity contribution is -0.147. The third kappa shape index (κ3) is 4.61. The van der Waals surface area contributed by atoms with Gasteiger partial charge in [-0.05, 0) is 72.0 Å². The Kier molecular flexibility index (Phi) is 6.09. The number of carboxylic acid groups (broad SMARTS) is 1. The fourth-order valence-corrected chi connectivity index (χ4v) is 4.44. The highest BCUT2D eigenvalue weighted by Gasteiger charge is 2.42. The number of aliphatic carboxylic acids is 1. The maximum absolute atomic E-state index is 13.0. The van der Waals surface area contributed by atoms with Crippen LogP contribution in [0.4, 0.5) is 5.69 Å². The predicted octanol–water partition coefficient (Wildman–Crippen LogP) is 6.09. The van der Waals surface area contributed by atoms with E-state index >= 15 is 0 Å². The molecule has 5 rings (SSSR count). The summed E-state index contributed by atoms with van der Waals surface area (Å²) in [5, 5.41) is 12.5. The number of benzene rings is 4. The SMILES string of the molecule is CC(C)(C(=O)O)N1Cc2ccc(-c3ccc(NC(=O)c4ccc(-c5ccccc5)cc4)cc3)cc2C1=O. The van der Waals surface area contributed by atoms with Gasteiger partial charge >= 0.3 is 5.97 Å². The summed E-state index contributed by atoms with van der Waals surface area (Å²) in [7, 11) is 0. The lowest BCUT2D eigenvalue weighted by Crippen LogP contribution is -2.50. The Hall–Kier alpha value is -4.71. The van der Waals surface area contributed by atoms with E-state index in [1.807, 2.05) is 91.0 Å². The zero-order chi connectivity index (χ0) is 26.2. The number of carbonyl (C=O) groups is 3. The van der Waals surface area contributed by atoms with E-state index in [1.54, 1.807) is 6.07 Å². The molecule has 4 aromatic rings. The molecule has 0 bridgehead atoms. The molecule has 6 nitrogen and oxygen atoms in total. The van der Waals surface area contributed by atoms with Gasteiger partial charge in [0.2, 0.25) is 0 Å². The molecule has 0 spiro atoms. The molecule has 4 aromatic carbocycles. The minimum atomic E-state index is -1.29. The van der Waals surface area contributed by atoms with Crippen LogP contribution in [0, 0.1) is 0 Å². The van der Waals surface area contributed by atoms with Crippen molar-refractivity contribution in [2.45, 2.75) is 25.9 Å². The Morgan fingerprint density at radius 3 is 2.00 bits per heavy atom. The van der Waals surface area contributed by atoms with Crippen LogP contribution >= 0.6 is 0 Å². The van der Waals surface area contributed by atoms with Crippen molar-refractivity contribution in [3.05, 3.63) is 114 Å². The van der Waals surface area contributed by atoms with E-state index < -0.39 is 11.5 Å². The molecule has 1 heterocycles. The van der Waals surface area contributed by atoms with Crippen molar-refractivity contribution in [1.29, 1.82) is 0 Å². The second-order valence-electron chi connectivity index (χ2n) is 9.60. The molecule has 1 aliphatic rings. The summed E-state index contributed by atoms with van der Waals surface area (Å²) in [6.07, 6.45) is 0. The van der Waals surface area contributed by atoms with E-state index in [0.29, 0.717) is 16.8 Å². The third-order valence-electron chi connectivity index (χ3n) is 6.84. The number of carbonyl (C=O) groups excluding carboxylic acids is 2. The van der Waals surface area contributed by atoms with Gasteiger partial charge in [0.25, 0.3) is 11.8 Å². The Labute approximate surface area is 215 Å². The fourth-order valence-electron chi connectivity index (χ4n) is 4.44.